The van der Waals surface area contributed by atoms with Gasteiger partial charge in [-0.25, -0.2) is 0 Å². The number of nitrogens with zero attached hydrogens (tertiary/aromatic N) is 2. The Labute approximate surface area is 106 Å². The van der Waals surface area contributed by atoms with E-state index in [-0.39, 0.29) is 5.91 Å². The summed E-state index contributed by atoms with van der Waals surface area (Å²) < 4.78 is 0. The fourth-order valence-electron chi connectivity index (χ4n) is 2.05. The van der Waals surface area contributed by atoms with Gasteiger partial charge < -0.3 is 16.0 Å². The fourth-order valence-corrected chi connectivity index (χ4v) is 2.05. The van der Waals surface area contributed by atoms with Crippen molar-refractivity contribution >= 4 is 17.3 Å². The van der Waals surface area contributed by atoms with E-state index in [0.717, 1.165) is 24.3 Å². The Morgan fingerprint density at radius 1 is 1.50 bits per heavy atom. The molecule has 0 saturated heterocycles. The van der Waals surface area contributed by atoms with Crippen LogP contribution in [-0.4, -0.2) is 25.5 Å². The number of anilines is 2. The van der Waals surface area contributed by atoms with Crippen LogP contribution in [0.3, 0.4) is 0 Å². The van der Waals surface area contributed by atoms with Crippen molar-refractivity contribution in [1.29, 1.82) is 5.26 Å². The van der Waals surface area contributed by atoms with Crippen LogP contribution in [0, 0.1) is 11.3 Å². The van der Waals surface area contributed by atoms with Gasteiger partial charge in [0.05, 0.1) is 23.0 Å². The average Bonchev–Trinajstić information content (AvgIpc) is 2.54. The Balaban J connectivity index is 2.35. The van der Waals surface area contributed by atoms with Crippen molar-refractivity contribution in [2.24, 2.45) is 5.73 Å². The van der Waals surface area contributed by atoms with E-state index >= 15 is 0 Å². The molecular weight excluding hydrogens is 228 g/mol. The van der Waals surface area contributed by atoms with Gasteiger partial charge in [0.15, 0.2) is 0 Å². The van der Waals surface area contributed by atoms with Crippen LogP contribution in [0.1, 0.15) is 18.4 Å². The van der Waals surface area contributed by atoms with Gasteiger partial charge in [0, 0.05) is 19.5 Å². The van der Waals surface area contributed by atoms with Gasteiger partial charge in [0.1, 0.15) is 0 Å². The van der Waals surface area contributed by atoms with Crippen molar-refractivity contribution < 1.29 is 4.79 Å². The van der Waals surface area contributed by atoms with Crippen LogP contribution < -0.4 is 16.0 Å². The van der Waals surface area contributed by atoms with Crippen LogP contribution in [0.15, 0.2) is 18.2 Å². The largest absolute Gasteiger partial charge is 0.369 e. The maximum Gasteiger partial charge on any atom is 0.226 e. The normalized spacial score (nSPS) is 14.4. The number of benzene rings is 1. The third-order valence-corrected chi connectivity index (χ3v) is 2.98. The number of nitrogens with two attached hydrogens (primary N) is 1. The van der Waals surface area contributed by atoms with Gasteiger partial charge in [-0.1, -0.05) is 0 Å². The van der Waals surface area contributed by atoms with E-state index in [1.807, 2.05) is 6.07 Å². The molecule has 1 aromatic rings. The van der Waals surface area contributed by atoms with Crippen LogP contribution in [-0.2, 0) is 4.79 Å². The zero-order chi connectivity index (χ0) is 13.0. The summed E-state index contributed by atoms with van der Waals surface area (Å²) in [5, 5.41) is 11.8. The molecule has 1 amide bonds. The maximum absolute atomic E-state index is 11.6. The number of nitrogens with one attached hydrogen (secondary N) is 1. The SMILES string of the molecule is N#Cc1ccc2c(c1)N(CCCN)CCC(=O)N2. The number of rotatable bonds is 3. The van der Waals surface area contributed by atoms with E-state index in [9.17, 15) is 4.79 Å². The molecule has 0 saturated carbocycles. The number of carbonyl (C=O) groups is 1. The molecule has 94 valence electrons. The molecule has 5 nitrogen and oxygen atoms in total. The molecule has 0 atom stereocenters. The number of carbonyl (C=O) groups excluding carboxylic acids is 1. The molecule has 1 aromatic carbocycles. The van der Waals surface area contributed by atoms with E-state index in [1.54, 1.807) is 12.1 Å². The summed E-state index contributed by atoms with van der Waals surface area (Å²) in [5.74, 6) is 0.0104. The zero-order valence-electron chi connectivity index (χ0n) is 10.1. The molecule has 2 rings (SSSR count). The lowest BCUT2D eigenvalue weighted by Gasteiger charge is -2.24. The fraction of sp³-hybridized carbons (Fsp3) is 0.385. The van der Waals surface area contributed by atoms with Gasteiger partial charge in [0.2, 0.25) is 5.91 Å². The summed E-state index contributed by atoms with van der Waals surface area (Å²) in [6.07, 6.45) is 1.32. The lowest BCUT2D eigenvalue weighted by atomic mass is 10.1. The standard InChI is InChI=1S/C13H16N4O/c14-5-1-6-17-7-4-13(18)16-11-3-2-10(9-15)8-12(11)17/h2-3,8H,1,4-7,14H2,(H,16,18). The quantitative estimate of drug-likeness (QED) is 0.832. The number of hydrogen-bond acceptors (Lipinski definition) is 4. The Kier molecular flexibility index (Phi) is 3.80. The van der Waals surface area contributed by atoms with Gasteiger partial charge in [-0.3, -0.25) is 4.79 Å². The van der Waals surface area contributed by atoms with Gasteiger partial charge >= 0.3 is 0 Å². The van der Waals surface area contributed by atoms with Crippen molar-refractivity contribution in [1.82, 2.24) is 0 Å². The molecule has 18 heavy (non-hydrogen) atoms. The lowest BCUT2D eigenvalue weighted by Crippen LogP contribution is -2.27. The van der Waals surface area contributed by atoms with Crippen molar-refractivity contribution in [3.05, 3.63) is 23.8 Å². The van der Waals surface area contributed by atoms with E-state index in [2.05, 4.69) is 16.3 Å². The van der Waals surface area contributed by atoms with Gasteiger partial charge in [-0.2, -0.15) is 5.26 Å². The third kappa shape index (κ3) is 2.60. The van der Waals surface area contributed by atoms with E-state index < -0.39 is 0 Å². The first-order valence-corrected chi connectivity index (χ1v) is 6.03. The Hall–Kier alpha value is -2.06. The smallest absolute Gasteiger partial charge is 0.226 e. The molecule has 3 N–H and O–H groups in total. The minimum atomic E-state index is 0.0104. The van der Waals surface area contributed by atoms with E-state index in [0.29, 0.717) is 25.1 Å². The molecule has 0 unspecified atom stereocenters. The second-order valence-electron chi connectivity index (χ2n) is 4.27. The monoisotopic (exact) mass is 244 g/mol. The Morgan fingerprint density at radius 3 is 3.06 bits per heavy atom. The van der Waals surface area contributed by atoms with Crippen LogP contribution in [0.25, 0.3) is 0 Å². The van der Waals surface area contributed by atoms with Gasteiger partial charge in [-0.05, 0) is 31.2 Å². The number of amides is 1. The highest BCUT2D eigenvalue weighted by Gasteiger charge is 2.18. The summed E-state index contributed by atoms with van der Waals surface area (Å²) in [4.78, 5) is 13.7. The second-order valence-corrected chi connectivity index (χ2v) is 4.27. The predicted octanol–water partition coefficient (Wildman–Crippen LogP) is 1.06. The van der Waals surface area contributed by atoms with Crippen LogP contribution in [0.4, 0.5) is 11.4 Å². The van der Waals surface area contributed by atoms with Crippen LogP contribution in [0.2, 0.25) is 0 Å². The number of nitriles is 1. The summed E-state index contributed by atoms with van der Waals surface area (Å²) in [7, 11) is 0. The third-order valence-electron chi connectivity index (χ3n) is 2.98. The van der Waals surface area contributed by atoms with Crippen LogP contribution in [0.5, 0.6) is 0 Å². The molecule has 1 heterocycles. The molecule has 0 aromatic heterocycles. The molecule has 0 fully saturated rings. The highest BCUT2D eigenvalue weighted by atomic mass is 16.1. The minimum Gasteiger partial charge on any atom is -0.369 e. The van der Waals surface area contributed by atoms with Crippen molar-refractivity contribution in [3.8, 4) is 6.07 Å². The molecule has 0 spiro atoms. The molecular formula is C13H16N4O. The summed E-state index contributed by atoms with van der Waals surface area (Å²) >= 11 is 0. The first kappa shape index (κ1) is 12.4. The van der Waals surface area contributed by atoms with Crippen molar-refractivity contribution in [3.63, 3.8) is 0 Å². The highest BCUT2D eigenvalue weighted by molar-refractivity contribution is 5.96. The second kappa shape index (κ2) is 5.52. The molecule has 1 aliphatic heterocycles. The number of fused-ring (bicyclic) bond motifs is 1. The summed E-state index contributed by atoms with van der Waals surface area (Å²) in [6.45, 7) is 2.08. The lowest BCUT2D eigenvalue weighted by molar-refractivity contribution is -0.115. The van der Waals surface area contributed by atoms with E-state index in [4.69, 9.17) is 11.0 Å². The average molecular weight is 244 g/mol. The van der Waals surface area contributed by atoms with E-state index in [1.165, 1.54) is 0 Å². The number of hydrogen-bond donors (Lipinski definition) is 2. The molecule has 0 radical (unpaired) electrons. The predicted molar refractivity (Wildman–Crippen MR) is 70.3 cm³/mol. The van der Waals surface area contributed by atoms with Crippen molar-refractivity contribution in [2.75, 3.05) is 29.9 Å². The summed E-state index contributed by atoms with van der Waals surface area (Å²) in [5.41, 5.74) is 7.81. The zero-order valence-corrected chi connectivity index (χ0v) is 10.1. The minimum absolute atomic E-state index is 0.0104. The van der Waals surface area contributed by atoms with Crippen molar-refractivity contribution in [2.45, 2.75) is 12.8 Å². The van der Waals surface area contributed by atoms with Crippen LogP contribution >= 0.6 is 0 Å². The topological polar surface area (TPSA) is 82.2 Å². The summed E-state index contributed by atoms with van der Waals surface area (Å²) in [6, 6.07) is 7.44. The van der Waals surface area contributed by atoms with Gasteiger partial charge in [-0.15, -0.1) is 0 Å². The molecule has 0 aliphatic carbocycles. The van der Waals surface area contributed by atoms with Gasteiger partial charge in [0.25, 0.3) is 0 Å². The highest BCUT2D eigenvalue weighted by Crippen LogP contribution is 2.29. The molecule has 1 aliphatic rings. The first-order chi connectivity index (χ1) is 8.74. The first-order valence-electron chi connectivity index (χ1n) is 6.03. The Bertz CT molecular complexity index is 492. The molecule has 0 bridgehead atoms. The molecule has 5 heteroatoms. The Morgan fingerprint density at radius 2 is 2.33 bits per heavy atom. The maximum atomic E-state index is 11.6.